The first kappa shape index (κ1) is 42.7. The number of pyridine rings is 1. The molecule has 1 atom stereocenters. The molecule has 330 valence electrons. The van der Waals surface area contributed by atoms with E-state index in [1.807, 2.05) is 11.0 Å². The van der Waals surface area contributed by atoms with Crippen LogP contribution in [-0.2, 0) is 22.6 Å². The first-order valence-corrected chi connectivity index (χ1v) is 21.7. The second-order valence-corrected chi connectivity index (χ2v) is 17.3. The third-order valence-electron chi connectivity index (χ3n) is 13.2. The molecule has 4 aromatic rings. The lowest BCUT2D eigenvalue weighted by Gasteiger charge is -2.40. The van der Waals surface area contributed by atoms with Gasteiger partial charge in [-0.2, -0.15) is 9.65 Å². The van der Waals surface area contributed by atoms with Gasteiger partial charge in [0.1, 0.15) is 35.9 Å². The van der Waals surface area contributed by atoms with E-state index in [1.165, 1.54) is 18.5 Å². The van der Waals surface area contributed by atoms with Crippen LogP contribution in [-0.4, -0.2) is 118 Å². The number of amides is 5. The van der Waals surface area contributed by atoms with Crippen LogP contribution in [0.4, 0.5) is 31.8 Å². The van der Waals surface area contributed by atoms with Gasteiger partial charge in [0.2, 0.25) is 17.8 Å². The number of hydrogen-bond donors (Lipinski definition) is 2. The zero-order valence-corrected chi connectivity index (χ0v) is 35.7. The predicted molar refractivity (Wildman–Crippen MR) is 230 cm³/mol. The number of rotatable bonds is 9. The zero-order chi connectivity index (χ0) is 44.8. The molecule has 0 saturated carbocycles. The van der Waals surface area contributed by atoms with E-state index >= 15 is 8.78 Å². The maximum Gasteiger partial charge on any atom is 0.262 e. The van der Waals surface area contributed by atoms with Gasteiger partial charge in [0.15, 0.2) is 0 Å². The number of aromatic nitrogens is 3. The smallest absolute Gasteiger partial charge is 0.262 e. The number of carbonyl (C=O) groups excluding carboxylic acids is 5. The van der Waals surface area contributed by atoms with E-state index in [0.29, 0.717) is 67.8 Å². The van der Waals surface area contributed by atoms with Crippen LogP contribution < -0.4 is 20.4 Å². The second-order valence-electron chi connectivity index (χ2n) is 16.9. The number of halogens is 3. The van der Waals surface area contributed by atoms with Gasteiger partial charge in [-0.3, -0.25) is 34.2 Å². The van der Waals surface area contributed by atoms with Gasteiger partial charge in [0.05, 0.1) is 45.2 Å². The Hall–Kier alpha value is -6.58. The zero-order valence-electron chi connectivity index (χ0n) is 35.0. The van der Waals surface area contributed by atoms with Gasteiger partial charge in [0, 0.05) is 70.0 Å². The van der Waals surface area contributed by atoms with Crippen molar-refractivity contribution in [1.29, 1.82) is 5.26 Å². The number of imide groups is 2. The minimum absolute atomic E-state index is 0.00184. The van der Waals surface area contributed by atoms with Gasteiger partial charge >= 0.3 is 0 Å². The van der Waals surface area contributed by atoms with Crippen molar-refractivity contribution in [1.82, 2.24) is 35.0 Å². The summed E-state index contributed by atoms with van der Waals surface area (Å²) in [4.78, 5) is 85.9. The number of nitrogens with zero attached hydrogens (tertiary/aromatic N) is 9. The summed E-state index contributed by atoms with van der Waals surface area (Å²) in [5, 5.41) is 14.9. The molecule has 0 bridgehead atoms. The Bertz CT molecular complexity index is 2630. The van der Waals surface area contributed by atoms with E-state index in [0.717, 1.165) is 60.4 Å². The lowest BCUT2D eigenvalue weighted by Crippen LogP contribution is -2.54. The molecule has 1 unspecified atom stereocenters. The van der Waals surface area contributed by atoms with Crippen LogP contribution >= 0.6 is 11.6 Å². The Balaban J connectivity index is 0.751. The number of piperidine rings is 3. The molecule has 5 amide bonds. The molecular formula is C45H44ClF2N11O5. The number of likely N-dealkylation sites (tertiary alicyclic amines) is 1. The van der Waals surface area contributed by atoms with Crippen molar-refractivity contribution >= 4 is 64.1 Å². The number of anilines is 4. The molecule has 9 rings (SSSR count). The Morgan fingerprint density at radius 1 is 0.922 bits per heavy atom. The molecule has 3 saturated heterocycles. The van der Waals surface area contributed by atoms with Crippen LogP contribution in [0.2, 0.25) is 5.02 Å². The average molecular weight is 892 g/mol. The van der Waals surface area contributed by atoms with Crippen LogP contribution in [0.25, 0.3) is 0 Å². The van der Waals surface area contributed by atoms with E-state index in [2.05, 4.69) is 41.5 Å². The van der Waals surface area contributed by atoms with Crippen molar-refractivity contribution in [2.75, 3.05) is 61.4 Å². The molecule has 19 heteroatoms. The predicted octanol–water partition coefficient (Wildman–Crippen LogP) is 4.84. The maximum atomic E-state index is 15.5. The van der Waals surface area contributed by atoms with Crippen LogP contribution in [0.1, 0.15) is 86.4 Å². The third-order valence-corrected chi connectivity index (χ3v) is 13.5. The fourth-order valence-corrected chi connectivity index (χ4v) is 9.76. The standard InChI is InChI=1S/C45H44ClF2N11O5/c1-55(43(62)30-4-6-38(52-40(30)48)53-41-29-12-17-58(23-35(29)50-24-51-41)28-3-2-26(21-49)33(46)18-28)27-10-13-56(14-11-27)22-25-8-15-57(16-9-25)37-20-32-31(19-34(37)47)44(63)59(45(32)64)36-5-7-39(60)54-42(36)61/h2-4,6,18-20,24-25,27,36H,5,7-17,22-23H2,1H3,(H,54,60,61)(H,50,51,52,53). The summed E-state index contributed by atoms with van der Waals surface area (Å²) >= 11 is 6.28. The van der Waals surface area contributed by atoms with Gasteiger partial charge in [-0.25, -0.2) is 19.3 Å². The molecule has 0 spiro atoms. The normalized spacial score (nSPS) is 19.6. The van der Waals surface area contributed by atoms with Crippen LogP contribution in [0, 0.1) is 29.0 Å². The highest BCUT2D eigenvalue weighted by molar-refractivity contribution is 6.32. The molecule has 3 fully saturated rings. The molecule has 0 radical (unpaired) electrons. The van der Waals surface area contributed by atoms with E-state index in [4.69, 9.17) is 11.6 Å². The Labute approximate surface area is 372 Å². The van der Waals surface area contributed by atoms with Gasteiger partial charge in [-0.05, 0) is 86.9 Å². The quantitative estimate of drug-likeness (QED) is 0.172. The number of benzene rings is 2. The molecule has 2 N–H and O–H groups in total. The topological polar surface area (TPSA) is 188 Å². The number of nitriles is 1. The molecule has 64 heavy (non-hydrogen) atoms. The molecule has 2 aromatic heterocycles. The molecule has 5 aliphatic rings. The first-order chi connectivity index (χ1) is 30.9. The van der Waals surface area contributed by atoms with Crippen molar-refractivity contribution in [3.63, 3.8) is 0 Å². The molecule has 7 heterocycles. The summed E-state index contributed by atoms with van der Waals surface area (Å²) in [5.74, 6) is -3.48. The summed E-state index contributed by atoms with van der Waals surface area (Å²) in [6.45, 7) is 4.59. The van der Waals surface area contributed by atoms with Crippen molar-refractivity contribution < 1.29 is 32.8 Å². The lowest BCUT2D eigenvalue weighted by atomic mass is 9.93. The van der Waals surface area contributed by atoms with Gasteiger partial charge in [0.25, 0.3) is 17.7 Å². The number of hydrogen-bond acceptors (Lipinski definition) is 13. The van der Waals surface area contributed by atoms with Gasteiger partial charge in [-0.1, -0.05) is 11.6 Å². The van der Waals surface area contributed by atoms with Crippen molar-refractivity contribution in [2.24, 2.45) is 5.92 Å². The average Bonchev–Trinajstić information content (AvgIpc) is 3.53. The van der Waals surface area contributed by atoms with Crippen LogP contribution in [0.3, 0.4) is 0 Å². The summed E-state index contributed by atoms with van der Waals surface area (Å²) < 4.78 is 31.0. The summed E-state index contributed by atoms with van der Waals surface area (Å²) in [6.07, 6.45) is 5.06. The molecular weight excluding hydrogens is 848 g/mol. The van der Waals surface area contributed by atoms with E-state index < -0.39 is 47.3 Å². The van der Waals surface area contributed by atoms with Crippen LogP contribution in [0.15, 0.2) is 48.8 Å². The highest BCUT2D eigenvalue weighted by Crippen LogP contribution is 2.35. The maximum absolute atomic E-state index is 15.5. The summed E-state index contributed by atoms with van der Waals surface area (Å²) in [5.41, 5.74) is 3.02. The summed E-state index contributed by atoms with van der Waals surface area (Å²) in [6, 6.07) is 11.7. The van der Waals surface area contributed by atoms with E-state index in [-0.39, 0.29) is 47.1 Å². The Morgan fingerprint density at radius 3 is 2.38 bits per heavy atom. The van der Waals surface area contributed by atoms with E-state index in [1.54, 1.807) is 30.1 Å². The monoisotopic (exact) mass is 891 g/mol. The molecule has 16 nitrogen and oxygen atoms in total. The Morgan fingerprint density at radius 2 is 1.67 bits per heavy atom. The van der Waals surface area contributed by atoms with Crippen molar-refractivity contribution in [2.45, 2.75) is 63.6 Å². The molecule has 2 aromatic carbocycles. The van der Waals surface area contributed by atoms with Crippen LogP contribution in [0.5, 0.6) is 0 Å². The molecule has 0 aliphatic carbocycles. The number of carbonyl (C=O) groups is 5. The Kier molecular flexibility index (Phi) is 11.7. The van der Waals surface area contributed by atoms with E-state index in [9.17, 15) is 29.2 Å². The minimum atomic E-state index is -1.12. The van der Waals surface area contributed by atoms with Gasteiger partial charge < -0.3 is 24.9 Å². The highest BCUT2D eigenvalue weighted by atomic mass is 35.5. The first-order valence-electron chi connectivity index (χ1n) is 21.4. The lowest BCUT2D eigenvalue weighted by molar-refractivity contribution is -0.136. The number of fused-ring (bicyclic) bond motifs is 2. The molecule has 5 aliphatic heterocycles. The highest BCUT2D eigenvalue weighted by Gasteiger charge is 2.45. The number of nitrogens with one attached hydrogen (secondary N) is 2. The van der Waals surface area contributed by atoms with Crippen molar-refractivity contribution in [3.8, 4) is 6.07 Å². The largest absolute Gasteiger partial charge is 0.369 e. The minimum Gasteiger partial charge on any atom is -0.369 e. The fourth-order valence-electron chi connectivity index (χ4n) is 9.55. The fraction of sp³-hybridized carbons (Fsp3) is 0.400. The van der Waals surface area contributed by atoms with Crippen molar-refractivity contribution in [3.05, 3.63) is 99.1 Å². The SMILES string of the molecule is CN(C(=O)c1ccc(Nc2ncnc3c2CCN(c2ccc(C#N)c(Cl)c2)C3)nc1F)C1CCN(CC2CCN(c3cc4c(cc3F)C(=O)N(C3CCC(=O)NC3=O)C4=O)CC2)CC1. The summed E-state index contributed by atoms with van der Waals surface area (Å²) in [7, 11) is 1.69. The second kappa shape index (κ2) is 17.5. The third kappa shape index (κ3) is 8.21. The van der Waals surface area contributed by atoms with Gasteiger partial charge in [-0.15, -0.1) is 0 Å².